The number of aryl methyl sites for hydroxylation is 2. The number of aromatic nitrogens is 2. The van der Waals surface area contributed by atoms with E-state index in [9.17, 15) is 0 Å². The zero-order chi connectivity index (χ0) is 15.5. The zero-order valence-corrected chi connectivity index (χ0v) is 14.6. The Balaban J connectivity index is 1.77. The molecular weight excluding hydrogens is 292 g/mol. The van der Waals surface area contributed by atoms with Gasteiger partial charge in [-0.3, -0.25) is 0 Å². The lowest BCUT2D eigenvalue weighted by Crippen LogP contribution is -2.31. The lowest BCUT2D eigenvalue weighted by molar-refractivity contribution is 0.342. The second kappa shape index (κ2) is 6.92. The molecule has 1 aliphatic rings. The first kappa shape index (κ1) is 15.7. The van der Waals surface area contributed by atoms with Crippen molar-refractivity contribution in [3.8, 4) is 0 Å². The van der Waals surface area contributed by atoms with Gasteiger partial charge in [-0.1, -0.05) is 6.92 Å². The predicted octanol–water partition coefficient (Wildman–Crippen LogP) is 3.75. The largest absolute Gasteiger partial charge is 0.366 e. The van der Waals surface area contributed by atoms with Crippen LogP contribution in [0.1, 0.15) is 44.5 Å². The van der Waals surface area contributed by atoms with E-state index in [1.807, 2.05) is 0 Å². The van der Waals surface area contributed by atoms with Crippen molar-refractivity contribution in [2.45, 2.75) is 52.5 Å². The van der Waals surface area contributed by atoms with Crippen LogP contribution in [0.15, 0.2) is 5.38 Å². The number of thiophene rings is 1. The monoisotopic (exact) mass is 318 g/mol. The molecule has 0 aromatic carbocycles. The van der Waals surface area contributed by atoms with Gasteiger partial charge in [-0.15, -0.1) is 11.3 Å². The molecule has 0 unspecified atom stereocenters. The molecule has 1 atom stereocenters. The van der Waals surface area contributed by atoms with E-state index in [0.717, 1.165) is 29.5 Å². The van der Waals surface area contributed by atoms with Crippen LogP contribution in [-0.4, -0.2) is 29.1 Å². The Morgan fingerprint density at radius 1 is 1.36 bits per heavy atom. The van der Waals surface area contributed by atoms with E-state index >= 15 is 0 Å². The number of anilines is 1. The van der Waals surface area contributed by atoms with Gasteiger partial charge in [0.2, 0.25) is 0 Å². The Bertz CT molecular complexity index is 631. The third-order valence-corrected chi connectivity index (χ3v) is 5.58. The van der Waals surface area contributed by atoms with Crippen LogP contribution in [0.4, 0.5) is 5.82 Å². The highest BCUT2D eigenvalue weighted by atomic mass is 32.1. The normalized spacial score (nSPS) is 17.8. The molecule has 2 aromatic heterocycles. The second-order valence-electron chi connectivity index (χ2n) is 6.41. The molecule has 0 radical (unpaired) electrons. The van der Waals surface area contributed by atoms with Crippen molar-refractivity contribution >= 4 is 27.4 Å². The van der Waals surface area contributed by atoms with Gasteiger partial charge < -0.3 is 10.6 Å². The van der Waals surface area contributed by atoms with Crippen molar-refractivity contribution < 1.29 is 0 Å². The molecule has 2 N–H and O–H groups in total. The minimum absolute atomic E-state index is 0.452. The Labute approximate surface area is 136 Å². The van der Waals surface area contributed by atoms with E-state index in [1.165, 1.54) is 42.6 Å². The summed E-state index contributed by atoms with van der Waals surface area (Å²) in [6.07, 6.45) is 4.69. The summed E-state index contributed by atoms with van der Waals surface area (Å²) in [6, 6.07) is 0.452. The topological polar surface area (TPSA) is 49.8 Å². The molecule has 0 bridgehead atoms. The van der Waals surface area contributed by atoms with Crippen LogP contribution in [0.3, 0.4) is 0 Å². The second-order valence-corrected chi connectivity index (χ2v) is 7.29. The van der Waals surface area contributed by atoms with Crippen molar-refractivity contribution in [2.24, 2.45) is 5.92 Å². The minimum atomic E-state index is 0.452. The van der Waals surface area contributed by atoms with E-state index < -0.39 is 0 Å². The molecule has 1 aliphatic heterocycles. The van der Waals surface area contributed by atoms with Gasteiger partial charge in [0.05, 0.1) is 10.2 Å². The summed E-state index contributed by atoms with van der Waals surface area (Å²) < 4.78 is 1.20. The molecule has 120 valence electrons. The number of hydrogen-bond donors (Lipinski definition) is 2. The average Bonchev–Trinajstić information content (AvgIpc) is 2.90. The maximum absolute atomic E-state index is 4.74. The highest BCUT2D eigenvalue weighted by Crippen LogP contribution is 2.30. The third kappa shape index (κ3) is 3.41. The molecule has 2 aromatic rings. The fourth-order valence-corrected chi connectivity index (χ4v) is 4.19. The quantitative estimate of drug-likeness (QED) is 0.881. The van der Waals surface area contributed by atoms with Crippen molar-refractivity contribution in [1.82, 2.24) is 15.3 Å². The molecule has 3 rings (SSSR count). The number of nitrogens with one attached hydrogen (secondary N) is 2. The van der Waals surface area contributed by atoms with Gasteiger partial charge in [0.25, 0.3) is 0 Å². The smallest absolute Gasteiger partial charge is 0.147 e. The van der Waals surface area contributed by atoms with E-state index in [1.54, 1.807) is 11.3 Å². The standard InChI is InChI=1S/C17H26N4S/c1-4-14-20-15-11(2)10-22-16(15)17(21-14)19-12(3)9-13-5-7-18-8-6-13/h10,12-13,18H,4-9H2,1-3H3,(H,19,20,21)/t12-/m0/s1. The van der Waals surface area contributed by atoms with Gasteiger partial charge >= 0.3 is 0 Å². The number of hydrogen-bond acceptors (Lipinski definition) is 5. The van der Waals surface area contributed by atoms with Crippen LogP contribution >= 0.6 is 11.3 Å². The lowest BCUT2D eigenvalue weighted by Gasteiger charge is -2.26. The van der Waals surface area contributed by atoms with Crippen LogP contribution in [0, 0.1) is 12.8 Å². The summed E-state index contributed by atoms with van der Waals surface area (Å²) in [5.41, 5.74) is 2.37. The Kier molecular flexibility index (Phi) is 4.93. The molecule has 4 nitrogen and oxygen atoms in total. The first-order valence-electron chi connectivity index (χ1n) is 8.39. The maximum atomic E-state index is 4.74. The van der Waals surface area contributed by atoms with Crippen molar-refractivity contribution in [2.75, 3.05) is 18.4 Å². The van der Waals surface area contributed by atoms with Gasteiger partial charge in [-0.05, 0) is 63.1 Å². The van der Waals surface area contributed by atoms with Crippen molar-refractivity contribution in [3.05, 3.63) is 16.8 Å². The molecule has 3 heterocycles. The number of nitrogens with zero attached hydrogens (tertiary/aromatic N) is 2. The SMILES string of the molecule is CCc1nc(N[C@@H](C)CC2CCNCC2)c2scc(C)c2n1. The number of fused-ring (bicyclic) bond motifs is 1. The van der Waals surface area contributed by atoms with E-state index in [2.05, 4.69) is 41.8 Å². The van der Waals surface area contributed by atoms with Gasteiger partial charge in [-0.2, -0.15) is 0 Å². The van der Waals surface area contributed by atoms with Crippen molar-refractivity contribution in [1.29, 1.82) is 0 Å². The highest BCUT2D eigenvalue weighted by Gasteiger charge is 2.18. The molecule has 1 fully saturated rings. The van der Waals surface area contributed by atoms with E-state index in [4.69, 9.17) is 4.98 Å². The first-order valence-corrected chi connectivity index (χ1v) is 9.27. The van der Waals surface area contributed by atoms with E-state index in [0.29, 0.717) is 6.04 Å². The third-order valence-electron chi connectivity index (χ3n) is 4.48. The Hall–Kier alpha value is -1.20. The average molecular weight is 318 g/mol. The van der Waals surface area contributed by atoms with Crippen LogP contribution < -0.4 is 10.6 Å². The number of rotatable bonds is 5. The molecule has 0 aliphatic carbocycles. The van der Waals surface area contributed by atoms with Gasteiger partial charge in [0.15, 0.2) is 0 Å². The maximum Gasteiger partial charge on any atom is 0.147 e. The van der Waals surface area contributed by atoms with Crippen LogP contribution in [0.2, 0.25) is 0 Å². The fraction of sp³-hybridized carbons (Fsp3) is 0.647. The molecule has 0 spiro atoms. The highest BCUT2D eigenvalue weighted by molar-refractivity contribution is 7.18. The first-order chi connectivity index (χ1) is 10.7. The van der Waals surface area contributed by atoms with E-state index in [-0.39, 0.29) is 0 Å². The Morgan fingerprint density at radius 2 is 2.14 bits per heavy atom. The molecule has 0 saturated carbocycles. The molecule has 1 saturated heterocycles. The summed E-state index contributed by atoms with van der Waals surface area (Å²) >= 11 is 1.75. The van der Waals surface area contributed by atoms with Crippen LogP contribution in [0.5, 0.6) is 0 Å². The molecule has 0 amide bonds. The summed E-state index contributed by atoms with van der Waals surface area (Å²) in [7, 11) is 0. The summed E-state index contributed by atoms with van der Waals surface area (Å²) in [6.45, 7) is 8.86. The predicted molar refractivity (Wildman–Crippen MR) is 94.8 cm³/mol. The van der Waals surface area contributed by atoms with Gasteiger partial charge in [0, 0.05) is 12.5 Å². The summed E-state index contributed by atoms with van der Waals surface area (Å²) in [5.74, 6) is 2.80. The lowest BCUT2D eigenvalue weighted by atomic mass is 9.91. The van der Waals surface area contributed by atoms with Crippen LogP contribution in [-0.2, 0) is 6.42 Å². The minimum Gasteiger partial charge on any atom is -0.366 e. The number of piperidine rings is 1. The van der Waals surface area contributed by atoms with Crippen LogP contribution in [0.25, 0.3) is 10.2 Å². The molecular formula is C17H26N4S. The van der Waals surface area contributed by atoms with Crippen molar-refractivity contribution in [3.63, 3.8) is 0 Å². The molecule has 22 heavy (non-hydrogen) atoms. The zero-order valence-electron chi connectivity index (χ0n) is 13.8. The fourth-order valence-electron chi connectivity index (χ4n) is 3.24. The van der Waals surface area contributed by atoms with Gasteiger partial charge in [0.1, 0.15) is 11.6 Å². The Morgan fingerprint density at radius 3 is 2.86 bits per heavy atom. The molecule has 5 heteroatoms. The summed E-state index contributed by atoms with van der Waals surface area (Å²) in [5, 5.41) is 9.28. The van der Waals surface area contributed by atoms with Gasteiger partial charge in [-0.25, -0.2) is 9.97 Å². The summed E-state index contributed by atoms with van der Waals surface area (Å²) in [4.78, 5) is 9.43.